The summed E-state index contributed by atoms with van der Waals surface area (Å²) in [6.07, 6.45) is 0.940. The van der Waals surface area contributed by atoms with Crippen LogP contribution >= 0.6 is 11.3 Å². The lowest BCUT2D eigenvalue weighted by atomic mass is 10.1. The molecule has 1 rings (SSSR count). The summed E-state index contributed by atoms with van der Waals surface area (Å²) in [5, 5.41) is 13.9. The molecule has 3 nitrogen and oxygen atoms in total. The minimum atomic E-state index is 0.175. The lowest BCUT2D eigenvalue weighted by molar-refractivity contribution is 0.230. The highest BCUT2D eigenvalue weighted by Crippen LogP contribution is 2.29. The van der Waals surface area contributed by atoms with E-state index in [1.165, 1.54) is 9.88 Å². The van der Waals surface area contributed by atoms with Gasteiger partial charge in [-0.25, -0.2) is 4.98 Å². The standard InChI is InChI=1S/C13H24N2OS/c1-6-11(7-16)14-9(4)12-10(5)15-13(17-12)8(2)3/h8-9,11,14,16H,6-7H2,1-5H3. The minimum Gasteiger partial charge on any atom is -0.395 e. The Labute approximate surface area is 108 Å². The fourth-order valence-electron chi connectivity index (χ4n) is 1.81. The summed E-state index contributed by atoms with van der Waals surface area (Å²) in [5.41, 5.74) is 1.12. The zero-order valence-electron chi connectivity index (χ0n) is 11.4. The van der Waals surface area contributed by atoms with Crippen molar-refractivity contribution in [1.29, 1.82) is 0 Å². The Hall–Kier alpha value is -0.450. The molecular formula is C13H24N2OS. The average Bonchev–Trinajstić information content (AvgIpc) is 2.68. The molecule has 0 radical (unpaired) electrons. The van der Waals surface area contributed by atoms with Gasteiger partial charge in [0.05, 0.1) is 17.3 Å². The summed E-state index contributed by atoms with van der Waals surface area (Å²) in [6.45, 7) is 10.8. The monoisotopic (exact) mass is 256 g/mol. The molecule has 0 aromatic carbocycles. The molecule has 0 aliphatic heterocycles. The predicted molar refractivity (Wildman–Crippen MR) is 73.7 cm³/mol. The molecule has 0 bridgehead atoms. The van der Waals surface area contributed by atoms with Crippen molar-refractivity contribution in [3.63, 3.8) is 0 Å². The topological polar surface area (TPSA) is 45.1 Å². The molecule has 98 valence electrons. The van der Waals surface area contributed by atoms with Gasteiger partial charge in [0.1, 0.15) is 0 Å². The number of aryl methyl sites for hydroxylation is 1. The van der Waals surface area contributed by atoms with Gasteiger partial charge in [-0.3, -0.25) is 0 Å². The first-order valence-electron chi connectivity index (χ1n) is 6.33. The van der Waals surface area contributed by atoms with Crippen molar-refractivity contribution in [1.82, 2.24) is 10.3 Å². The Morgan fingerprint density at radius 3 is 2.41 bits per heavy atom. The third-order valence-corrected chi connectivity index (χ3v) is 4.58. The lowest BCUT2D eigenvalue weighted by Crippen LogP contribution is -2.33. The summed E-state index contributed by atoms with van der Waals surface area (Å²) in [7, 11) is 0. The number of hydrogen-bond acceptors (Lipinski definition) is 4. The second kappa shape index (κ2) is 6.47. The van der Waals surface area contributed by atoms with E-state index in [-0.39, 0.29) is 18.7 Å². The number of nitrogens with zero attached hydrogens (tertiary/aromatic N) is 1. The van der Waals surface area contributed by atoms with Crippen molar-refractivity contribution >= 4 is 11.3 Å². The van der Waals surface area contributed by atoms with Crippen molar-refractivity contribution in [2.24, 2.45) is 0 Å². The van der Waals surface area contributed by atoms with Crippen LogP contribution in [-0.2, 0) is 0 Å². The highest BCUT2D eigenvalue weighted by atomic mass is 32.1. The van der Waals surface area contributed by atoms with Crippen LogP contribution in [0, 0.1) is 6.92 Å². The molecule has 0 aliphatic rings. The van der Waals surface area contributed by atoms with E-state index < -0.39 is 0 Å². The van der Waals surface area contributed by atoms with Crippen LogP contribution in [0.15, 0.2) is 0 Å². The molecule has 1 heterocycles. The van der Waals surface area contributed by atoms with E-state index in [1.807, 2.05) is 0 Å². The number of rotatable bonds is 6. The largest absolute Gasteiger partial charge is 0.395 e. The highest BCUT2D eigenvalue weighted by molar-refractivity contribution is 7.11. The summed E-state index contributed by atoms with van der Waals surface area (Å²) in [4.78, 5) is 5.90. The highest BCUT2D eigenvalue weighted by Gasteiger charge is 2.17. The van der Waals surface area contributed by atoms with Gasteiger partial charge in [-0.05, 0) is 20.3 Å². The molecule has 0 saturated carbocycles. The van der Waals surface area contributed by atoms with Crippen molar-refractivity contribution in [3.8, 4) is 0 Å². The van der Waals surface area contributed by atoms with Gasteiger partial charge in [-0.1, -0.05) is 20.8 Å². The number of aliphatic hydroxyl groups is 1. The third kappa shape index (κ3) is 3.76. The second-order valence-electron chi connectivity index (χ2n) is 4.83. The first-order chi connectivity index (χ1) is 7.99. The zero-order valence-corrected chi connectivity index (χ0v) is 12.3. The third-order valence-electron chi connectivity index (χ3n) is 2.94. The minimum absolute atomic E-state index is 0.175. The molecule has 0 amide bonds. The van der Waals surface area contributed by atoms with Gasteiger partial charge in [-0.15, -0.1) is 11.3 Å². The second-order valence-corrected chi connectivity index (χ2v) is 5.89. The first-order valence-corrected chi connectivity index (χ1v) is 7.15. The molecular weight excluding hydrogens is 232 g/mol. The maximum absolute atomic E-state index is 9.21. The van der Waals surface area contributed by atoms with E-state index in [9.17, 15) is 5.11 Å². The number of nitrogens with one attached hydrogen (secondary N) is 1. The number of aliphatic hydroxyl groups excluding tert-OH is 1. The van der Waals surface area contributed by atoms with Crippen LogP contribution in [0.4, 0.5) is 0 Å². The molecule has 0 fully saturated rings. The lowest BCUT2D eigenvalue weighted by Gasteiger charge is -2.19. The van der Waals surface area contributed by atoms with E-state index in [4.69, 9.17) is 0 Å². The fourth-order valence-corrected chi connectivity index (χ4v) is 2.89. The SMILES string of the molecule is CCC(CO)NC(C)c1sc(C(C)C)nc1C. The summed E-state index contributed by atoms with van der Waals surface area (Å²) in [5.74, 6) is 0.486. The van der Waals surface area contributed by atoms with E-state index >= 15 is 0 Å². The van der Waals surface area contributed by atoms with Crippen molar-refractivity contribution in [3.05, 3.63) is 15.6 Å². The van der Waals surface area contributed by atoms with Gasteiger partial charge < -0.3 is 10.4 Å². The Kier molecular flexibility index (Phi) is 5.56. The van der Waals surface area contributed by atoms with E-state index in [2.05, 4.69) is 44.9 Å². The van der Waals surface area contributed by atoms with Crippen LogP contribution in [0.3, 0.4) is 0 Å². The molecule has 0 spiro atoms. The molecule has 1 aromatic rings. The summed E-state index contributed by atoms with van der Waals surface area (Å²) < 4.78 is 0. The van der Waals surface area contributed by atoms with Crippen LogP contribution in [0.2, 0.25) is 0 Å². The van der Waals surface area contributed by atoms with E-state index in [1.54, 1.807) is 11.3 Å². The number of aromatic nitrogens is 1. The Bertz CT molecular complexity index is 345. The maximum Gasteiger partial charge on any atom is 0.0956 e. The quantitative estimate of drug-likeness (QED) is 0.822. The van der Waals surface area contributed by atoms with E-state index in [0.29, 0.717) is 5.92 Å². The van der Waals surface area contributed by atoms with Crippen molar-refractivity contribution in [2.45, 2.75) is 59.0 Å². The molecule has 4 heteroatoms. The molecule has 2 N–H and O–H groups in total. The van der Waals surface area contributed by atoms with Gasteiger partial charge in [0, 0.05) is 22.9 Å². The number of thiazole rings is 1. The van der Waals surface area contributed by atoms with Crippen LogP contribution in [0.25, 0.3) is 0 Å². The van der Waals surface area contributed by atoms with Crippen molar-refractivity contribution in [2.75, 3.05) is 6.61 Å². The number of hydrogen-bond donors (Lipinski definition) is 2. The molecule has 1 aromatic heterocycles. The average molecular weight is 256 g/mol. The van der Waals surface area contributed by atoms with Crippen LogP contribution in [-0.4, -0.2) is 22.7 Å². The Morgan fingerprint density at radius 2 is 2.00 bits per heavy atom. The molecule has 2 atom stereocenters. The van der Waals surface area contributed by atoms with Crippen LogP contribution in [0.5, 0.6) is 0 Å². The van der Waals surface area contributed by atoms with Gasteiger partial charge in [0.15, 0.2) is 0 Å². The van der Waals surface area contributed by atoms with Crippen molar-refractivity contribution < 1.29 is 5.11 Å². The normalized spacial score (nSPS) is 15.2. The fraction of sp³-hybridized carbons (Fsp3) is 0.769. The molecule has 0 saturated heterocycles. The van der Waals surface area contributed by atoms with Gasteiger partial charge in [0.2, 0.25) is 0 Å². The smallest absolute Gasteiger partial charge is 0.0956 e. The first kappa shape index (κ1) is 14.6. The van der Waals surface area contributed by atoms with Crippen LogP contribution < -0.4 is 5.32 Å². The van der Waals surface area contributed by atoms with E-state index in [0.717, 1.165) is 12.1 Å². The summed E-state index contributed by atoms with van der Waals surface area (Å²) in [6, 6.07) is 0.436. The predicted octanol–water partition coefficient (Wildman–Crippen LogP) is 3.00. The summed E-state index contributed by atoms with van der Waals surface area (Å²) >= 11 is 1.78. The Balaban J connectivity index is 2.77. The van der Waals surface area contributed by atoms with Gasteiger partial charge in [-0.2, -0.15) is 0 Å². The Morgan fingerprint density at radius 1 is 1.35 bits per heavy atom. The van der Waals surface area contributed by atoms with Gasteiger partial charge in [0.25, 0.3) is 0 Å². The molecule has 2 unspecified atom stereocenters. The molecule has 17 heavy (non-hydrogen) atoms. The maximum atomic E-state index is 9.21. The van der Waals surface area contributed by atoms with Crippen LogP contribution in [0.1, 0.15) is 61.7 Å². The van der Waals surface area contributed by atoms with Gasteiger partial charge >= 0.3 is 0 Å². The zero-order chi connectivity index (χ0) is 13.0. The molecule has 0 aliphatic carbocycles.